The van der Waals surface area contributed by atoms with Crippen LogP contribution in [-0.4, -0.2) is 26.7 Å². The SMILES string of the molecule is CCCCCC(C)(C)CNc1nc(Cl)nc2[nH]ncc12. The molecule has 0 bridgehead atoms. The second-order valence-electron chi connectivity index (χ2n) is 5.95. The quantitative estimate of drug-likeness (QED) is 0.598. The van der Waals surface area contributed by atoms with E-state index in [2.05, 4.69) is 46.3 Å². The largest absolute Gasteiger partial charge is 0.369 e. The van der Waals surface area contributed by atoms with E-state index in [1.807, 2.05) is 0 Å². The number of aromatic nitrogens is 4. The first kappa shape index (κ1) is 15.0. The Hall–Kier alpha value is -1.36. The molecular formula is C14H22ClN5. The lowest BCUT2D eigenvalue weighted by Crippen LogP contribution is -2.23. The molecule has 0 aliphatic rings. The van der Waals surface area contributed by atoms with E-state index in [1.54, 1.807) is 6.20 Å². The Morgan fingerprint density at radius 3 is 2.85 bits per heavy atom. The Labute approximate surface area is 124 Å². The molecule has 0 aliphatic heterocycles. The average molecular weight is 296 g/mol. The first-order valence-corrected chi connectivity index (χ1v) is 7.50. The number of nitrogens with one attached hydrogen (secondary N) is 2. The number of hydrogen-bond acceptors (Lipinski definition) is 4. The fraction of sp³-hybridized carbons (Fsp3) is 0.643. The van der Waals surface area contributed by atoms with E-state index in [-0.39, 0.29) is 10.7 Å². The van der Waals surface area contributed by atoms with Crippen LogP contribution in [-0.2, 0) is 0 Å². The monoisotopic (exact) mass is 295 g/mol. The van der Waals surface area contributed by atoms with Crippen LogP contribution in [0.1, 0.15) is 46.5 Å². The standard InChI is InChI=1S/C14H22ClN5/c1-4-5-6-7-14(2,3)9-16-11-10-8-17-20-12(10)19-13(15)18-11/h8H,4-7,9H2,1-3H3,(H2,16,17,18,19,20). The highest BCUT2D eigenvalue weighted by Crippen LogP contribution is 2.26. The van der Waals surface area contributed by atoms with Gasteiger partial charge in [-0.1, -0.05) is 40.0 Å². The zero-order valence-electron chi connectivity index (χ0n) is 12.3. The molecule has 20 heavy (non-hydrogen) atoms. The van der Waals surface area contributed by atoms with Gasteiger partial charge < -0.3 is 5.32 Å². The zero-order valence-corrected chi connectivity index (χ0v) is 13.1. The van der Waals surface area contributed by atoms with Crippen LogP contribution in [0.2, 0.25) is 5.28 Å². The van der Waals surface area contributed by atoms with Crippen molar-refractivity contribution in [2.75, 3.05) is 11.9 Å². The van der Waals surface area contributed by atoms with Crippen LogP contribution in [0.4, 0.5) is 5.82 Å². The summed E-state index contributed by atoms with van der Waals surface area (Å²) in [5.74, 6) is 0.748. The molecule has 0 amide bonds. The third kappa shape index (κ3) is 3.82. The number of anilines is 1. The lowest BCUT2D eigenvalue weighted by atomic mass is 9.87. The van der Waals surface area contributed by atoms with Crippen molar-refractivity contribution < 1.29 is 0 Å². The van der Waals surface area contributed by atoms with Crippen LogP contribution < -0.4 is 5.32 Å². The number of unbranched alkanes of at least 4 members (excludes halogenated alkanes) is 2. The average Bonchev–Trinajstić information content (AvgIpc) is 2.84. The van der Waals surface area contributed by atoms with E-state index in [0.29, 0.717) is 5.65 Å². The second kappa shape index (κ2) is 6.39. The summed E-state index contributed by atoms with van der Waals surface area (Å²) >= 11 is 5.92. The molecule has 0 spiro atoms. The molecule has 2 rings (SSSR count). The van der Waals surface area contributed by atoms with Gasteiger partial charge >= 0.3 is 0 Å². The molecule has 2 heterocycles. The molecule has 0 fully saturated rings. The van der Waals surface area contributed by atoms with Crippen molar-refractivity contribution in [3.8, 4) is 0 Å². The molecule has 2 aromatic heterocycles. The minimum atomic E-state index is 0.225. The summed E-state index contributed by atoms with van der Waals surface area (Å²) in [7, 11) is 0. The number of halogens is 1. The Kier molecular flexibility index (Phi) is 4.81. The van der Waals surface area contributed by atoms with Crippen molar-refractivity contribution in [1.82, 2.24) is 20.2 Å². The highest BCUT2D eigenvalue weighted by Gasteiger charge is 2.18. The van der Waals surface area contributed by atoms with Crippen molar-refractivity contribution in [3.63, 3.8) is 0 Å². The van der Waals surface area contributed by atoms with Gasteiger partial charge in [0.1, 0.15) is 5.82 Å². The van der Waals surface area contributed by atoms with Crippen LogP contribution in [0.5, 0.6) is 0 Å². The summed E-state index contributed by atoms with van der Waals surface area (Å²) in [6.45, 7) is 7.62. The number of fused-ring (bicyclic) bond motifs is 1. The van der Waals surface area contributed by atoms with Crippen LogP contribution in [0.25, 0.3) is 11.0 Å². The van der Waals surface area contributed by atoms with Crippen molar-refractivity contribution in [1.29, 1.82) is 0 Å². The van der Waals surface area contributed by atoms with Gasteiger partial charge in [-0.15, -0.1) is 0 Å². The smallest absolute Gasteiger partial charge is 0.226 e. The lowest BCUT2D eigenvalue weighted by Gasteiger charge is -2.25. The van der Waals surface area contributed by atoms with Gasteiger partial charge in [0.15, 0.2) is 5.65 Å². The first-order chi connectivity index (χ1) is 9.52. The normalized spacial score (nSPS) is 12.0. The van der Waals surface area contributed by atoms with Gasteiger partial charge in [0.25, 0.3) is 0 Å². The molecule has 5 nitrogen and oxygen atoms in total. The fourth-order valence-electron chi connectivity index (χ4n) is 2.21. The summed E-state index contributed by atoms with van der Waals surface area (Å²) in [6, 6.07) is 0. The predicted octanol–water partition coefficient (Wildman–Crippen LogP) is 4.02. The molecule has 2 N–H and O–H groups in total. The minimum Gasteiger partial charge on any atom is -0.369 e. The highest BCUT2D eigenvalue weighted by molar-refractivity contribution is 6.28. The summed E-state index contributed by atoms with van der Waals surface area (Å²) in [6.07, 6.45) is 6.71. The molecule has 0 aromatic carbocycles. The number of aromatic amines is 1. The van der Waals surface area contributed by atoms with Crippen LogP contribution in [0.15, 0.2) is 6.20 Å². The van der Waals surface area contributed by atoms with E-state index in [4.69, 9.17) is 11.6 Å². The molecule has 0 aliphatic carbocycles. The zero-order chi connectivity index (χ0) is 14.6. The first-order valence-electron chi connectivity index (χ1n) is 7.12. The lowest BCUT2D eigenvalue weighted by molar-refractivity contribution is 0.342. The van der Waals surface area contributed by atoms with Gasteiger partial charge in [-0.05, 0) is 23.4 Å². The van der Waals surface area contributed by atoms with Crippen molar-refractivity contribution in [3.05, 3.63) is 11.5 Å². The molecule has 110 valence electrons. The molecular weight excluding hydrogens is 274 g/mol. The number of nitrogens with zero attached hydrogens (tertiary/aromatic N) is 3. The fourth-order valence-corrected chi connectivity index (χ4v) is 2.38. The van der Waals surface area contributed by atoms with E-state index in [1.165, 1.54) is 25.7 Å². The maximum absolute atomic E-state index is 5.92. The molecule has 0 atom stereocenters. The van der Waals surface area contributed by atoms with Crippen LogP contribution in [0.3, 0.4) is 0 Å². The number of hydrogen-bond donors (Lipinski definition) is 2. The van der Waals surface area contributed by atoms with Crippen molar-refractivity contribution in [2.45, 2.75) is 46.5 Å². The number of H-pyrrole nitrogens is 1. The Morgan fingerprint density at radius 2 is 2.10 bits per heavy atom. The molecule has 0 saturated carbocycles. The summed E-state index contributed by atoms with van der Waals surface area (Å²) in [5.41, 5.74) is 0.888. The third-order valence-corrected chi connectivity index (χ3v) is 3.64. The maximum Gasteiger partial charge on any atom is 0.226 e. The van der Waals surface area contributed by atoms with Gasteiger partial charge in [-0.2, -0.15) is 15.1 Å². The van der Waals surface area contributed by atoms with Gasteiger partial charge in [-0.25, -0.2) is 0 Å². The Balaban J connectivity index is 2.03. The van der Waals surface area contributed by atoms with Crippen LogP contribution in [0, 0.1) is 5.41 Å². The van der Waals surface area contributed by atoms with Crippen LogP contribution >= 0.6 is 11.6 Å². The van der Waals surface area contributed by atoms with Gasteiger partial charge in [0.2, 0.25) is 5.28 Å². The summed E-state index contributed by atoms with van der Waals surface area (Å²) in [5, 5.41) is 11.3. The van der Waals surface area contributed by atoms with Crippen molar-refractivity contribution >= 4 is 28.5 Å². The second-order valence-corrected chi connectivity index (χ2v) is 6.29. The van der Waals surface area contributed by atoms with E-state index >= 15 is 0 Å². The molecule has 0 radical (unpaired) electrons. The molecule has 0 saturated heterocycles. The summed E-state index contributed by atoms with van der Waals surface area (Å²) < 4.78 is 0. The Bertz CT molecular complexity index is 564. The molecule has 2 aromatic rings. The third-order valence-electron chi connectivity index (χ3n) is 3.47. The van der Waals surface area contributed by atoms with Crippen molar-refractivity contribution in [2.24, 2.45) is 5.41 Å². The topological polar surface area (TPSA) is 66.5 Å². The molecule has 0 unspecified atom stereocenters. The van der Waals surface area contributed by atoms with Gasteiger partial charge in [0, 0.05) is 6.54 Å². The molecule has 6 heteroatoms. The maximum atomic E-state index is 5.92. The minimum absolute atomic E-state index is 0.225. The number of rotatable bonds is 7. The van der Waals surface area contributed by atoms with Gasteiger partial charge in [-0.3, -0.25) is 5.10 Å². The predicted molar refractivity (Wildman–Crippen MR) is 83.1 cm³/mol. The highest BCUT2D eigenvalue weighted by atomic mass is 35.5. The van der Waals surface area contributed by atoms with E-state index < -0.39 is 0 Å². The van der Waals surface area contributed by atoms with Gasteiger partial charge in [0.05, 0.1) is 11.6 Å². The van der Waals surface area contributed by atoms with E-state index in [0.717, 1.165) is 17.7 Å². The summed E-state index contributed by atoms with van der Waals surface area (Å²) in [4.78, 5) is 8.35. The van der Waals surface area contributed by atoms with E-state index in [9.17, 15) is 0 Å². The Morgan fingerprint density at radius 1 is 1.30 bits per heavy atom.